The molecule has 0 radical (unpaired) electrons. The molecule has 1 aliphatic heterocycles. The van der Waals surface area contributed by atoms with Crippen molar-refractivity contribution in [3.8, 4) is 11.1 Å². The van der Waals surface area contributed by atoms with Gasteiger partial charge in [-0.1, -0.05) is 50.0 Å². The van der Waals surface area contributed by atoms with E-state index in [-0.39, 0.29) is 11.9 Å². The van der Waals surface area contributed by atoms with Gasteiger partial charge in [-0.15, -0.1) is 0 Å². The summed E-state index contributed by atoms with van der Waals surface area (Å²) in [5, 5.41) is 1.94. The Kier molecular flexibility index (Phi) is 7.98. The Balaban J connectivity index is 1.46. The maximum atomic E-state index is 12.6. The lowest BCUT2D eigenvalue weighted by Crippen LogP contribution is -2.40. The van der Waals surface area contributed by atoms with Gasteiger partial charge in [-0.25, -0.2) is 4.79 Å². The Morgan fingerprint density at radius 2 is 1.77 bits per heavy atom. The van der Waals surface area contributed by atoms with Gasteiger partial charge in [0.05, 0.1) is 25.4 Å². The van der Waals surface area contributed by atoms with E-state index < -0.39 is 8.07 Å². The zero-order valence-corrected chi connectivity index (χ0v) is 21.9. The first-order chi connectivity index (χ1) is 16.8. The van der Waals surface area contributed by atoms with Crippen LogP contribution in [0.1, 0.15) is 22.3 Å². The van der Waals surface area contributed by atoms with E-state index in [1.54, 1.807) is 6.07 Å². The van der Waals surface area contributed by atoms with Crippen LogP contribution in [0.5, 0.6) is 0 Å². The molecule has 0 unspecified atom stereocenters. The molecule has 0 spiro atoms. The zero-order chi connectivity index (χ0) is 24.8. The van der Waals surface area contributed by atoms with E-state index in [9.17, 15) is 9.59 Å². The van der Waals surface area contributed by atoms with Gasteiger partial charge in [-0.3, -0.25) is 9.78 Å². The largest absolute Gasteiger partial charge is 0.462 e. The van der Waals surface area contributed by atoms with E-state index in [0.717, 1.165) is 33.5 Å². The van der Waals surface area contributed by atoms with Crippen LogP contribution in [-0.2, 0) is 20.7 Å². The average molecular weight is 491 g/mol. The molecule has 2 heterocycles. The molecule has 1 aromatic heterocycles. The number of hydrogen-bond acceptors (Lipinski definition) is 5. The number of morpholine rings is 1. The van der Waals surface area contributed by atoms with Gasteiger partial charge >= 0.3 is 5.97 Å². The average Bonchev–Trinajstić information content (AvgIpc) is 2.86. The van der Waals surface area contributed by atoms with E-state index in [1.165, 1.54) is 0 Å². The molecule has 6 nitrogen and oxygen atoms in total. The minimum absolute atomic E-state index is 0.180. The summed E-state index contributed by atoms with van der Waals surface area (Å²) in [5.41, 5.74) is 3.67. The number of aryl methyl sites for hydroxylation is 1. The van der Waals surface area contributed by atoms with Crippen molar-refractivity contribution >= 4 is 30.7 Å². The second-order valence-electron chi connectivity index (χ2n) is 10.3. The molecular formula is C28H34N2O4Si. The van der Waals surface area contributed by atoms with Crippen molar-refractivity contribution in [2.45, 2.75) is 38.5 Å². The van der Waals surface area contributed by atoms with Crippen LogP contribution in [0.25, 0.3) is 21.9 Å². The van der Waals surface area contributed by atoms with Gasteiger partial charge in [-0.05, 0) is 41.1 Å². The third-order valence-electron chi connectivity index (χ3n) is 6.34. The second-order valence-corrected chi connectivity index (χ2v) is 15.9. The van der Waals surface area contributed by atoms with Gasteiger partial charge < -0.3 is 14.4 Å². The van der Waals surface area contributed by atoms with Crippen LogP contribution in [0.3, 0.4) is 0 Å². The molecule has 4 rings (SSSR count). The fraction of sp³-hybridized carbons (Fsp3) is 0.393. The first kappa shape index (κ1) is 25.1. The smallest absolute Gasteiger partial charge is 0.338 e. The Morgan fingerprint density at radius 3 is 2.49 bits per heavy atom. The van der Waals surface area contributed by atoms with Gasteiger partial charge in [0.25, 0.3) is 0 Å². The van der Waals surface area contributed by atoms with Crippen LogP contribution < -0.4 is 0 Å². The molecule has 0 bridgehead atoms. The normalized spacial score (nSPS) is 14.2. The number of esters is 1. The molecule has 35 heavy (non-hydrogen) atoms. The van der Waals surface area contributed by atoms with E-state index in [4.69, 9.17) is 9.47 Å². The Labute approximate surface area is 208 Å². The number of benzene rings is 2. The number of rotatable bonds is 8. The molecule has 0 aliphatic carbocycles. The molecular weight excluding hydrogens is 456 g/mol. The number of carbonyl (C=O) groups excluding carboxylic acids is 2. The van der Waals surface area contributed by atoms with Gasteiger partial charge in [0, 0.05) is 50.9 Å². The number of pyridine rings is 1. The van der Waals surface area contributed by atoms with Crippen molar-refractivity contribution in [3.05, 3.63) is 66.0 Å². The lowest BCUT2D eigenvalue weighted by atomic mass is 9.97. The van der Waals surface area contributed by atoms with Crippen LogP contribution in [-0.4, -0.2) is 62.7 Å². The minimum Gasteiger partial charge on any atom is -0.462 e. The van der Waals surface area contributed by atoms with E-state index in [0.29, 0.717) is 51.3 Å². The fourth-order valence-corrected chi connectivity index (χ4v) is 4.84. The first-order valence-corrected chi connectivity index (χ1v) is 16.0. The summed E-state index contributed by atoms with van der Waals surface area (Å²) in [4.78, 5) is 31.4. The number of ether oxygens (including phenoxy) is 2. The third kappa shape index (κ3) is 6.77. The van der Waals surface area contributed by atoms with Gasteiger partial charge in [0.15, 0.2) is 0 Å². The number of fused-ring (bicyclic) bond motifs is 1. The predicted octanol–water partition coefficient (Wildman–Crippen LogP) is 5.19. The van der Waals surface area contributed by atoms with Crippen molar-refractivity contribution < 1.29 is 19.1 Å². The van der Waals surface area contributed by atoms with Crippen LogP contribution >= 0.6 is 0 Å². The fourth-order valence-electron chi connectivity index (χ4n) is 4.13. The molecule has 3 aromatic rings. The summed E-state index contributed by atoms with van der Waals surface area (Å²) in [6, 6.07) is 14.8. The number of hydrogen-bond donors (Lipinski definition) is 0. The maximum Gasteiger partial charge on any atom is 0.338 e. The summed E-state index contributed by atoms with van der Waals surface area (Å²) < 4.78 is 10.9. The highest BCUT2D eigenvalue weighted by Crippen LogP contribution is 2.29. The van der Waals surface area contributed by atoms with Crippen molar-refractivity contribution in [2.24, 2.45) is 0 Å². The van der Waals surface area contributed by atoms with Crippen molar-refractivity contribution in [3.63, 3.8) is 0 Å². The number of carbonyl (C=O) groups is 2. The van der Waals surface area contributed by atoms with Crippen LogP contribution in [0.4, 0.5) is 0 Å². The monoisotopic (exact) mass is 490 g/mol. The van der Waals surface area contributed by atoms with Crippen LogP contribution in [0, 0.1) is 0 Å². The number of amides is 1. The topological polar surface area (TPSA) is 68.7 Å². The molecule has 0 N–H and O–H groups in total. The number of nitrogens with zero attached hydrogens (tertiary/aromatic N) is 2. The Bertz CT molecular complexity index is 1180. The predicted molar refractivity (Wildman–Crippen MR) is 141 cm³/mol. The molecule has 7 heteroatoms. The third-order valence-corrected chi connectivity index (χ3v) is 8.04. The van der Waals surface area contributed by atoms with Crippen molar-refractivity contribution in [1.29, 1.82) is 0 Å². The Hall–Kier alpha value is -3.03. The SMILES string of the molecule is C[Si](C)(C)CCOC(=O)c1ccc2cncc(-c3ccc(CCC(=O)N4CCOCC4)cc3)c2c1. The molecule has 1 fully saturated rings. The molecule has 0 saturated carbocycles. The van der Waals surface area contributed by atoms with Gasteiger partial charge in [-0.2, -0.15) is 0 Å². The molecule has 1 aliphatic rings. The summed E-state index contributed by atoms with van der Waals surface area (Å²) in [7, 11) is -1.26. The molecule has 2 aromatic carbocycles. The lowest BCUT2D eigenvalue weighted by molar-refractivity contribution is -0.135. The standard InChI is InChI=1S/C28H34N2O4Si/c1-35(2,3)17-16-34-28(32)23-9-10-24-19-29-20-26(25(24)18-23)22-7-4-21(5-8-22)6-11-27(31)30-12-14-33-15-13-30/h4-5,7-10,18-20H,6,11-17H2,1-3H3. The van der Waals surface area contributed by atoms with Crippen molar-refractivity contribution in [1.82, 2.24) is 9.88 Å². The minimum atomic E-state index is -1.26. The molecule has 1 amide bonds. The number of aromatic nitrogens is 1. The maximum absolute atomic E-state index is 12.6. The highest BCUT2D eigenvalue weighted by molar-refractivity contribution is 6.76. The summed E-state index contributed by atoms with van der Waals surface area (Å²) in [6.07, 6.45) is 4.85. The molecule has 184 valence electrons. The van der Waals surface area contributed by atoms with E-state index in [1.807, 2.05) is 29.4 Å². The summed E-state index contributed by atoms with van der Waals surface area (Å²) >= 11 is 0. The van der Waals surface area contributed by atoms with Crippen LogP contribution in [0.15, 0.2) is 54.9 Å². The summed E-state index contributed by atoms with van der Waals surface area (Å²) in [6.45, 7) is 9.87. The Morgan fingerprint density at radius 1 is 1.03 bits per heavy atom. The van der Waals surface area contributed by atoms with E-state index >= 15 is 0 Å². The van der Waals surface area contributed by atoms with Gasteiger partial charge in [0.1, 0.15) is 0 Å². The van der Waals surface area contributed by atoms with Crippen LogP contribution in [0.2, 0.25) is 25.7 Å². The second kappa shape index (κ2) is 11.1. The quantitative estimate of drug-likeness (QED) is 0.321. The summed E-state index contributed by atoms with van der Waals surface area (Å²) in [5.74, 6) is -0.104. The van der Waals surface area contributed by atoms with Gasteiger partial charge in [0.2, 0.25) is 5.91 Å². The first-order valence-electron chi connectivity index (χ1n) is 12.3. The highest BCUT2D eigenvalue weighted by atomic mass is 28.3. The molecule has 0 atom stereocenters. The highest BCUT2D eigenvalue weighted by Gasteiger charge is 2.17. The lowest BCUT2D eigenvalue weighted by Gasteiger charge is -2.26. The van der Waals surface area contributed by atoms with E-state index in [2.05, 4.69) is 48.9 Å². The zero-order valence-electron chi connectivity index (χ0n) is 20.9. The molecule has 1 saturated heterocycles. The van der Waals surface area contributed by atoms with Crippen molar-refractivity contribution in [2.75, 3.05) is 32.9 Å².